The third kappa shape index (κ3) is 4.37. The van der Waals surface area contributed by atoms with Crippen LogP contribution in [0, 0.1) is 5.82 Å². The molecule has 2 saturated heterocycles. The minimum atomic E-state index is -0.261. The minimum Gasteiger partial charge on any atom is -0.378 e. The summed E-state index contributed by atoms with van der Waals surface area (Å²) in [5, 5.41) is 3.85. The molecule has 28 heavy (non-hydrogen) atoms. The van der Waals surface area contributed by atoms with Gasteiger partial charge in [0, 0.05) is 36.3 Å². The summed E-state index contributed by atoms with van der Waals surface area (Å²) in [6, 6.07) is 6.68. The van der Waals surface area contributed by atoms with Crippen LogP contribution in [0.2, 0.25) is 5.02 Å². The van der Waals surface area contributed by atoms with E-state index in [1.165, 1.54) is 6.07 Å². The number of benzene rings is 1. The number of hydrogen-bond donors (Lipinski definition) is 1. The van der Waals surface area contributed by atoms with Crippen LogP contribution in [0.1, 0.15) is 24.4 Å². The van der Waals surface area contributed by atoms with Crippen molar-refractivity contribution in [1.82, 2.24) is 14.9 Å². The second-order valence-corrected chi connectivity index (χ2v) is 7.54. The Labute approximate surface area is 169 Å². The van der Waals surface area contributed by atoms with E-state index in [1.807, 2.05) is 6.07 Å². The van der Waals surface area contributed by atoms with Gasteiger partial charge in [0.2, 0.25) is 0 Å². The molecule has 4 rings (SSSR count). The fraction of sp³-hybridized carbons (Fsp3) is 0.500. The Morgan fingerprint density at radius 1 is 1.14 bits per heavy atom. The van der Waals surface area contributed by atoms with Gasteiger partial charge in [0.25, 0.3) is 0 Å². The van der Waals surface area contributed by atoms with Gasteiger partial charge in [-0.3, -0.25) is 4.90 Å². The third-order valence-corrected chi connectivity index (χ3v) is 5.71. The molecule has 0 aliphatic carbocycles. The number of anilines is 2. The number of nitrogens with one attached hydrogen (secondary N) is 1. The molecule has 1 N–H and O–H groups in total. The molecule has 2 aromatic rings. The van der Waals surface area contributed by atoms with Crippen LogP contribution >= 0.6 is 11.6 Å². The minimum absolute atomic E-state index is 0.141. The molecule has 0 spiro atoms. The highest BCUT2D eigenvalue weighted by atomic mass is 35.5. The monoisotopic (exact) mass is 405 g/mol. The first-order chi connectivity index (χ1) is 13.7. The van der Waals surface area contributed by atoms with Gasteiger partial charge >= 0.3 is 0 Å². The van der Waals surface area contributed by atoms with E-state index in [1.54, 1.807) is 18.5 Å². The average Bonchev–Trinajstić information content (AvgIpc) is 3.25. The maximum atomic E-state index is 14.6. The van der Waals surface area contributed by atoms with E-state index in [0.717, 1.165) is 50.7 Å². The van der Waals surface area contributed by atoms with Crippen molar-refractivity contribution in [3.63, 3.8) is 0 Å². The molecule has 0 radical (unpaired) electrons. The molecular weight excluding hydrogens is 381 g/mol. The molecule has 0 amide bonds. The zero-order valence-electron chi connectivity index (χ0n) is 15.8. The van der Waals surface area contributed by atoms with Gasteiger partial charge in [-0.2, -0.15) is 0 Å². The van der Waals surface area contributed by atoms with Gasteiger partial charge in [0.1, 0.15) is 23.8 Å². The van der Waals surface area contributed by atoms with Crippen LogP contribution in [0.15, 0.2) is 30.6 Å². The zero-order chi connectivity index (χ0) is 19.3. The van der Waals surface area contributed by atoms with Crippen molar-refractivity contribution in [2.24, 2.45) is 0 Å². The Balaban J connectivity index is 1.52. The first-order valence-corrected chi connectivity index (χ1v) is 10.2. The van der Waals surface area contributed by atoms with Gasteiger partial charge in [-0.05, 0) is 38.1 Å². The van der Waals surface area contributed by atoms with Gasteiger partial charge < -0.3 is 15.0 Å². The normalized spacial score (nSPS) is 19.0. The van der Waals surface area contributed by atoms with Crippen LogP contribution in [0.5, 0.6) is 0 Å². The van der Waals surface area contributed by atoms with Crippen molar-refractivity contribution in [2.45, 2.75) is 18.9 Å². The lowest BCUT2D eigenvalue weighted by Gasteiger charge is -2.30. The van der Waals surface area contributed by atoms with Gasteiger partial charge in [0.15, 0.2) is 0 Å². The van der Waals surface area contributed by atoms with E-state index in [2.05, 4.69) is 25.1 Å². The van der Waals surface area contributed by atoms with Crippen molar-refractivity contribution >= 4 is 23.2 Å². The van der Waals surface area contributed by atoms with E-state index in [4.69, 9.17) is 16.3 Å². The van der Waals surface area contributed by atoms with Crippen molar-refractivity contribution in [3.8, 4) is 0 Å². The van der Waals surface area contributed by atoms with Gasteiger partial charge in [0.05, 0.1) is 19.3 Å². The number of aromatic nitrogens is 2. The molecule has 1 aromatic carbocycles. The molecule has 2 aliphatic heterocycles. The molecule has 2 fully saturated rings. The molecule has 0 bridgehead atoms. The Kier molecular flexibility index (Phi) is 6.24. The number of rotatable bonds is 6. The molecule has 6 nitrogen and oxygen atoms in total. The second-order valence-electron chi connectivity index (χ2n) is 7.14. The van der Waals surface area contributed by atoms with E-state index in [0.29, 0.717) is 30.3 Å². The number of ether oxygens (including phenoxy) is 1. The van der Waals surface area contributed by atoms with Crippen LogP contribution in [-0.4, -0.2) is 60.8 Å². The maximum Gasteiger partial charge on any atom is 0.134 e. The number of morpholine rings is 1. The number of nitrogens with zero attached hydrogens (tertiary/aromatic N) is 4. The summed E-state index contributed by atoms with van der Waals surface area (Å²) in [5.74, 6) is 1.35. The lowest BCUT2D eigenvalue weighted by atomic mass is 10.0. The zero-order valence-corrected chi connectivity index (χ0v) is 16.5. The predicted molar refractivity (Wildman–Crippen MR) is 109 cm³/mol. The fourth-order valence-corrected chi connectivity index (χ4v) is 4.20. The lowest BCUT2D eigenvalue weighted by molar-refractivity contribution is 0.122. The Bertz CT molecular complexity index is 776. The molecule has 1 unspecified atom stereocenters. The number of halogens is 2. The van der Waals surface area contributed by atoms with Crippen molar-refractivity contribution < 1.29 is 9.13 Å². The number of likely N-dealkylation sites (tertiary alicyclic amines) is 1. The highest BCUT2D eigenvalue weighted by Gasteiger charge is 2.27. The van der Waals surface area contributed by atoms with Crippen molar-refractivity contribution in [2.75, 3.05) is 56.2 Å². The van der Waals surface area contributed by atoms with E-state index >= 15 is 0 Å². The summed E-state index contributed by atoms with van der Waals surface area (Å²) in [6.45, 7) is 5.46. The standard InChI is InChI=1S/C20H25ClFN5O/c21-15-4-3-5-16(22)20(15)17(26-6-1-2-7-26)13-23-18-12-19(25-14-24-18)27-8-10-28-11-9-27/h3-5,12,14,17H,1-2,6-11,13H2,(H,23,24,25). The molecule has 150 valence electrons. The maximum absolute atomic E-state index is 14.6. The van der Waals surface area contributed by atoms with Crippen molar-refractivity contribution in [3.05, 3.63) is 47.0 Å². The van der Waals surface area contributed by atoms with Crippen LogP contribution in [0.25, 0.3) is 0 Å². The van der Waals surface area contributed by atoms with Crippen LogP contribution in [0.4, 0.5) is 16.0 Å². The highest BCUT2D eigenvalue weighted by molar-refractivity contribution is 6.31. The summed E-state index contributed by atoms with van der Waals surface area (Å²) in [6.07, 6.45) is 3.81. The quantitative estimate of drug-likeness (QED) is 0.795. The third-order valence-electron chi connectivity index (χ3n) is 5.38. The molecule has 0 saturated carbocycles. The topological polar surface area (TPSA) is 53.5 Å². The van der Waals surface area contributed by atoms with E-state index in [-0.39, 0.29) is 11.9 Å². The summed E-state index contributed by atoms with van der Waals surface area (Å²) >= 11 is 6.37. The Morgan fingerprint density at radius 2 is 1.93 bits per heavy atom. The predicted octanol–water partition coefficient (Wildman–Crippen LogP) is 3.35. The van der Waals surface area contributed by atoms with E-state index < -0.39 is 0 Å². The van der Waals surface area contributed by atoms with Crippen LogP contribution in [-0.2, 0) is 4.74 Å². The first-order valence-electron chi connectivity index (χ1n) is 9.79. The summed E-state index contributed by atoms with van der Waals surface area (Å²) in [4.78, 5) is 13.2. The molecule has 2 aliphatic rings. The first kappa shape index (κ1) is 19.4. The van der Waals surface area contributed by atoms with Gasteiger partial charge in [-0.1, -0.05) is 17.7 Å². The van der Waals surface area contributed by atoms with Crippen LogP contribution < -0.4 is 10.2 Å². The van der Waals surface area contributed by atoms with Gasteiger partial charge in [-0.15, -0.1) is 0 Å². The van der Waals surface area contributed by atoms with Crippen LogP contribution in [0.3, 0.4) is 0 Å². The number of hydrogen-bond acceptors (Lipinski definition) is 6. The molecule has 1 aromatic heterocycles. The SMILES string of the molecule is Fc1cccc(Cl)c1C(CNc1cc(N2CCOCC2)ncn1)N1CCCC1. The average molecular weight is 406 g/mol. The van der Waals surface area contributed by atoms with Crippen molar-refractivity contribution in [1.29, 1.82) is 0 Å². The summed E-state index contributed by atoms with van der Waals surface area (Å²) in [7, 11) is 0. The lowest BCUT2D eigenvalue weighted by Crippen LogP contribution is -2.36. The largest absolute Gasteiger partial charge is 0.378 e. The van der Waals surface area contributed by atoms with E-state index in [9.17, 15) is 4.39 Å². The second kappa shape index (κ2) is 9.03. The Hall–Kier alpha value is -1.96. The fourth-order valence-electron chi connectivity index (χ4n) is 3.91. The Morgan fingerprint density at radius 3 is 2.68 bits per heavy atom. The highest BCUT2D eigenvalue weighted by Crippen LogP contribution is 2.32. The molecule has 8 heteroatoms. The van der Waals surface area contributed by atoms with Gasteiger partial charge in [-0.25, -0.2) is 14.4 Å². The smallest absolute Gasteiger partial charge is 0.134 e. The molecular formula is C20H25ClFN5O. The summed E-state index contributed by atoms with van der Waals surface area (Å²) in [5.41, 5.74) is 0.557. The molecule has 3 heterocycles. The summed E-state index contributed by atoms with van der Waals surface area (Å²) < 4.78 is 20.0. The molecule has 1 atom stereocenters.